The predicted octanol–water partition coefficient (Wildman–Crippen LogP) is 2.05. The lowest BCUT2D eigenvalue weighted by atomic mass is 9.79. The van der Waals surface area contributed by atoms with E-state index in [9.17, 15) is 24.1 Å². The molecule has 1 atom stereocenters. The first-order valence-electron chi connectivity index (χ1n) is 11.9. The summed E-state index contributed by atoms with van der Waals surface area (Å²) in [6.45, 7) is 6.08. The molecule has 4 amide bonds. The molecule has 10 nitrogen and oxygen atoms in total. The van der Waals surface area contributed by atoms with Crippen LogP contribution in [-0.2, 0) is 19.2 Å². The molecule has 0 spiro atoms. The van der Waals surface area contributed by atoms with Crippen molar-refractivity contribution in [2.75, 3.05) is 31.1 Å². The van der Waals surface area contributed by atoms with Gasteiger partial charge in [-0.1, -0.05) is 13.0 Å². The zero-order valence-corrected chi connectivity index (χ0v) is 19.7. The molecule has 4 rings (SSSR count). The second-order valence-corrected chi connectivity index (χ2v) is 9.96. The van der Waals surface area contributed by atoms with E-state index in [0.717, 1.165) is 29.8 Å². The minimum Gasteiger partial charge on any atom is -0.356 e. The van der Waals surface area contributed by atoms with Crippen molar-refractivity contribution >= 4 is 29.4 Å². The Bertz CT molecular complexity index is 1010. The second kappa shape index (κ2) is 9.60. The summed E-state index contributed by atoms with van der Waals surface area (Å²) in [5.74, 6) is -0.575. The molecular weight excluding hydrogens is 438 g/mol. The quantitative estimate of drug-likeness (QED) is 0.528. The average molecular weight is 470 g/mol. The Kier molecular flexibility index (Phi) is 6.77. The fraction of sp³-hybridized carbons (Fsp3) is 0.625. The van der Waals surface area contributed by atoms with Crippen LogP contribution in [0.2, 0.25) is 0 Å². The zero-order chi connectivity index (χ0) is 24.5. The van der Waals surface area contributed by atoms with Gasteiger partial charge < -0.3 is 9.80 Å². The fourth-order valence-electron chi connectivity index (χ4n) is 5.26. The molecule has 0 radical (unpaired) electrons. The molecule has 0 aromatic carbocycles. The van der Waals surface area contributed by atoms with Gasteiger partial charge in [-0.3, -0.25) is 24.5 Å². The van der Waals surface area contributed by atoms with Crippen LogP contribution in [0.15, 0.2) is 17.4 Å². The number of amides is 4. The normalized spacial score (nSPS) is 23.4. The van der Waals surface area contributed by atoms with E-state index in [1.807, 2.05) is 17.9 Å². The van der Waals surface area contributed by atoms with Crippen molar-refractivity contribution < 1.29 is 19.2 Å². The summed E-state index contributed by atoms with van der Waals surface area (Å²) in [7, 11) is 0. The first-order chi connectivity index (χ1) is 16.2. The zero-order valence-electron chi connectivity index (χ0n) is 19.7. The molecule has 34 heavy (non-hydrogen) atoms. The van der Waals surface area contributed by atoms with E-state index < -0.39 is 11.3 Å². The van der Waals surface area contributed by atoms with Crippen LogP contribution in [0.3, 0.4) is 0 Å². The van der Waals surface area contributed by atoms with Crippen molar-refractivity contribution in [2.24, 2.45) is 16.5 Å². The van der Waals surface area contributed by atoms with Crippen LogP contribution in [0.4, 0.5) is 5.82 Å². The Balaban J connectivity index is 1.33. The minimum atomic E-state index is -0.759. The molecular formula is C24H31N5O5. The lowest BCUT2D eigenvalue weighted by Crippen LogP contribution is -2.48. The summed E-state index contributed by atoms with van der Waals surface area (Å²) >= 11 is 0. The topological polar surface area (TPSA) is 129 Å². The molecule has 4 heterocycles. The van der Waals surface area contributed by atoms with E-state index in [-0.39, 0.29) is 29.6 Å². The summed E-state index contributed by atoms with van der Waals surface area (Å²) in [5, 5.41) is 4.98. The number of nitrogens with zero attached hydrogens (tertiary/aromatic N) is 4. The number of rotatable bonds is 4. The number of nitroso groups, excluding NO2 is 1. The minimum absolute atomic E-state index is 0.0662. The van der Waals surface area contributed by atoms with Gasteiger partial charge in [0.1, 0.15) is 5.82 Å². The number of carbonyl (C=O) groups excluding carboxylic acids is 4. The summed E-state index contributed by atoms with van der Waals surface area (Å²) in [6, 6.07) is 1.97. The maximum absolute atomic E-state index is 13.0. The third-order valence-electron chi connectivity index (χ3n) is 7.63. The third kappa shape index (κ3) is 4.71. The molecule has 1 aromatic heterocycles. The molecule has 1 N–H and O–H groups in total. The van der Waals surface area contributed by atoms with E-state index in [4.69, 9.17) is 0 Å². The van der Waals surface area contributed by atoms with Gasteiger partial charge in [0.05, 0.1) is 11.3 Å². The van der Waals surface area contributed by atoms with Gasteiger partial charge in [0.15, 0.2) is 0 Å². The molecule has 1 aromatic rings. The standard InChI is InChI=1S/C24H31N5O5/c1-15-13-17(18-3-4-19(30)26-21(18)31)14-25-20(15)28-9-5-16(6-10-28)22(32)29-11-7-24(2,8-12-29)23(33)27-34/h13-14,16,18H,3-12H2,1-2H3,(H,26,30,31). The molecule has 1 unspecified atom stereocenters. The number of imide groups is 1. The van der Waals surface area contributed by atoms with Crippen LogP contribution in [0.1, 0.15) is 62.5 Å². The summed E-state index contributed by atoms with van der Waals surface area (Å²) in [6.07, 6.45) is 4.91. The molecule has 0 bridgehead atoms. The molecule has 0 saturated carbocycles. The van der Waals surface area contributed by atoms with Crippen LogP contribution in [0.25, 0.3) is 0 Å². The number of carbonyl (C=O) groups is 4. The summed E-state index contributed by atoms with van der Waals surface area (Å²) in [4.78, 5) is 67.7. The Labute approximate surface area is 198 Å². The van der Waals surface area contributed by atoms with E-state index in [0.29, 0.717) is 51.9 Å². The van der Waals surface area contributed by atoms with Crippen molar-refractivity contribution in [3.8, 4) is 0 Å². The van der Waals surface area contributed by atoms with Gasteiger partial charge in [0, 0.05) is 49.9 Å². The molecule has 3 saturated heterocycles. The van der Waals surface area contributed by atoms with Gasteiger partial charge >= 0.3 is 0 Å². The van der Waals surface area contributed by atoms with Gasteiger partial charge in [-0.25, -0.2) is 4.98 Å². The Morgan fingerprint density at radius 1 is 1.12 bits per heavy atom. The van der Waals surface area contributed by atoms with Crippen LogP contribution in [0, 0.1) is 23.2 Å². The maximum atomic E-state index is 13.0. The van der Waals surface area contributed by atoms with Gasteiger partial charge in [-0.15, -0.1) is 4.91 Å². The first-order valence-corrected chi connectivity index (χ1v) is 11.9. The summed E-state index contributed by atoms with van der Waals surface area (Å²) < 4.78 is 0. The molecule has 3 fully saturated rings. The monoisotopic (exact) mass is 469 g/mol. The van der Waals surface area contributed by atoms with Crippen molar-refractivity contribution in [2.45, 2.75) is 58.3 Å². The van der Waals surface area contributed by atoms with Gasteiger partial charge in [-0.05, 0) is 50.2 Å². The molecule has 182 valence electrons. The highest BCUT2D eigenvalue weighted by Gasteiger charge is 2.40. The van der Waals surface area contributed by atoms with E-state index >= 15 is 0 Å². The van der Waals surface area contributed by atoms with E-state index in [1.54, 1.807) is 13.1 Å². The van der Waals surface area contributed by atoms with Crippen molar-refractivity contribution in [3.63, 3.8) is 0 Å². The number of likely N-dealkylation sites (tertiary alicyclic amines) is 1. The van der Waals surface area contributed by atoms with Crippen molar-refractivity contribution in [1.82, 2.24) is 15.2 Å². The van der Waals surface area contributed by atoms with Crippen LogP contribution in [-0.4, -0.2) is 59.7 Å². The third-order valence-corrected chi connectivity index (χ3v) is 7.63. The highest BCUT2D eigenvalue weighted by molar-refractivity contribution is 6.00. The maximum Gasteiger partial charge on any atom is 0.292 e. The number of aromatic nitrogens is 1. The van der Waals surface area contributed by atoms with Gasteiger partial charge in [-0.2, -0.15) is 0 Å². The summed E-state index contributed by atoms with van der Waals surface area (Å²) in [5.41, 5.74) is 1.03. The van der Waals surface area contributed by atoms with E-state index in [2.05, 4.69) is 20.4 Å². The lowest BCUT2D eigenvalue weighted by Gasteiger charge is -2.40. The number of anilines is 1. The van der Waals surface area contributed by atoms with Gasteiger partial charge in [0.2, 0.25) is 17.7 Å². The largest absolute Gasteiger partial charge is 0.356 e. The number of nitrogens with one attached hydrogen (secondary N) is 1. The second-order valence-electron chi connectivity index (χ2n) is 9.96. The average Bonchev–Trinajstić information content (AvgIpc) is 2.83. The van der Waals surface area contributed by atoms with Gasteiger partial charge in [0.25, 0.3) is 5.91 Å². The number of piperidine rings is 3. The number of aryl methyl sites for hydroxylation is 1. The fourth-order valence-corrected chi connectivity index (χ4v) is 5.26. The van der Waals surface area contributed by atoms with Crippen LogP contribution < -0.4 is 10.2 Å². The van der Waals surface area contributed by atoms with Crippen molar-refractivity contribution in [3.05, 3.63) is 28.3 Å². The highest BCUT2D eigenvalue weighted by atomic mass is 16.3. The van der Waals surface area contributed by atoms with Crippen LogP contribution in [0.5, 0.6) is 0 Å². The Morgan fingerprint density at radius 3 is 2.38 bits per heavy atom. The molecule has 3 aliphatic rings. The lowest BCUT2D eigenvalue weighted by molar-refractivity contribution is -0.141. The SMILES string of the molecule is Cc1cc(C2CCC(=O)NC2=O)cnc1N1CCC(C(=O)N2CCC(C)(C(=O)N=O)CC2)CC1. The highest BCUT2D eigenvalue weighted by Crippen LogP contribution is 2.34. The number of hydrogen-bond acceptors (Lipinski definition) is 7. The first kappa shape index (κ1) is 24.0. The van der Waals surface area contributed by atoms with E-state index in [1.165, 1.54) is 0 Å². The number of hydrogen-bond donors (Lipinski definition) is 1. The number of pyridine rings is 1. The molecule has 0 aliphatic carbocycles. The Hall–Kier alpha value is -3.17. The van der Waals surface area contributed by atoms with Crippen molar-refractivity contribution in [1.29, 1.82) is 0 Å². The molecule has 3 aliphatic heterocycles. The predicted molar refractivity (Wildman–Crippen MR) is 124 cm³/mol. The molecule has 10 heteroatoms. The smallest absolute Gasteiger partial charge is 0.292 e. The Morgan fingerprint density at radius 2 is 1.79 bits per heavy atom. The van der Waals surface area contributed by atoms with Crippen LogP contribution >= 0.6 is 0 Å².